The Balaban J connectivity index is -0.000000264. The van der Waals surface area contributed by atoms with Crippen LogP contribution in [0.1, 0.15) is 40.5 Å². The first-order valence-corrected chi connectivity index (χ1v) is 6.71. The van der Waals surface area contributed by atoms with Gasteiger partial charge in [0.1, 0.15) is 0 Å². The van der Waals surface area contributed by atoms with Crippen LogP contribution in [-0.4, -0.2) is 11.2 Å². The Hall–Kier alpha value is -0.171. The molecule has 0 bridgehead atoms. The van der Waals surface area contributed by atoms with Crippen LogP contribution in [0.15, 0.2) is 0 Å². The van der Waals surface area contributed by atoms with Gasteiger partial charge in [-0.1, -0.05) is 0 Å². The maximum Gasteiger partial charge on any atom is -0.0312 e. The summed E-state index contributed by atoms with van der Waals surface area (Å²) in [7, 11) is 0. The van der Waals surface area contributed by atoms with Crippen molar-refractivity contribution in [3.05, 3.63) is 45.4 Å². The van der Waals surface area contributed by atoms with Gasteiger partial charge in [-0.15, -0.1) is 0 Å². The summed E-state index contributed by atoms with van der Waals surface area (Å²) < 4.78 is 21.2. The Morgan fingerprint density at radius 2 is 1.35 bits per heavy atom. The Morgan fingerprint density at radius 1 is 1.00 bits per heavy atom. The topological polar surface area (TPSA) is 49.0 Å². The van der Waals surface area contributed by atoms with E-state index in [-0.39, 0.29) is 0 Å². The second-order valence-electron chi connectivity index (χ2n) is 4.80. The van der Waals surface area contributed by atoms with E-state index >= 15 is 0 Å². The third-order valence-corrected chi connectivity index (χ3v) is 2.35. The number of ether oxygens (including phenoxy) is 1. The second kappa shape index (κ2) is 18.8. The van der Waals surface area contributed by atoms with E-state index < -0.39 is 0 Å². The van der Waals surface area contributed by atoms with E-state index in [1.807, 2.05) is 39.0 Å². The smallest absolute Gasteiger partial charge is 0.0312 e. The predicted octanol–water partition coefficient (Wildman–Crippen LogP) is 3.47. The van der Waals surface area contributed by atoms with Crippen molar-refractivity contribution < 1.29 is 29.6 Å². The summed E-state index contributed by atoms with van der Waals surface area (Å²) in [5, 5.41) is 0. The molecular weight excluding hydrogens is 296 g/mol. The van der Waals surface area contributed by atoms with Crippen LogP contribution in [0.2, 0.25) is 0 Å². The summed E-state index contributed by atoms with van der Waals surface area (Å²) in [6.45, 7) is 18.4. The molecule has 0 atom stereocenters. The molecule has 4 heteroatoms. The van der Waals surface area contributed by atoms with Gasteiger partial charge < -0.3 is 0 Å². The van der Waals surface area contributed by atoms with Crippen molar-refractivity contribution in [2.45, 2.75) is 40.5 Å². The molecule has 3 nitrogen and oxygen atoms in total. The van der Waals surface area contributed by atoms with Gasteiger partial charge in [-0.25, -0.2) is 0 Å². The van der Waals surface area contributed by atoms with E-state index in [1.165, 1.54) is 0 Å². The quantitative estimate of drug-likeness (QED) is 0.445. The molecule has 0 amide bonds. The second-order valence-corrected chi connectivity index (χ2v) is 5.41. The summed E-state index contributed by atoms with van der Waals surface area (Å²) in [5.74, 6) is 0. The molecule has 0 aromatic heterocycles. The maximum atomic E-state index is 7.50. The van der Waals surface area contributed by atoms with Crippen molar-refractivity contribution in [1.82, 2.24) is 0 Å². The zero-order valence-electron chi connectivity index (χ0n) is 12.6. The molecule has 0 heterocycles. The van der Waals surface area contributed by atoms with Crippen LogP contribution < -0.4 is 0 Å². The summed E-state index contributed by atoms with van der Waals surface area (Å²) in [5.41, 5.74) is 0.389. The van der Waals surface area contributed by atoms with Gasteiger partial charge in [0.25, 0.3) is 0 Å². The Morgan fingerprint density at radius 3 is 1.60 bits per heavy atom. The number of hydrogen-bond acceptors (Lipinski definition) is 1. The molecule has 1 aliphatic rings. The molecule has 0 aromatic carbocycles. The van der Waals surface area contributed by atoms with Gasteiger partial charge in [-0.2, -0.15) is 0 Å². The SMILES string of the molecule is CCO[C](=[Fe])CCC(C)(C)C.[C-]#[O+].[C-]#[O+].[CH]1[CH][CH][CH][CH]1. The van der Waals surface area contributed by atoms with E-state index in [1.54, 1.807) is 0 Å². The monoisotopic (exact) mass is 319 g/mol. The normalized spacial score (nSPS) is 12.7. The molecule has 113 valence electrons. The molecule has 0 unspecified atom stereocenters. The van der Waals surface area contributed by atoms with Crippen LogP contribution in [0.4, 0.5) is 0 Å². The van der Waals surface area contributed by atoms with E-state index in [2.05, 4.69) is 49.6 Å². The zero-order valence-corrected chi connectivity index (χ0v) is 13.7. The van der Waals surface area contributed by atoms with Gasteiger partial charge in [0.2, 0.25) is 0 Å². The van der Waals surface area contributed by atoms with Crippen molar-refractivity contribution >= 4 is 4.60 Å². The Labute approximate surface area is 132 Å². The fourth-order valence-corrected chi connectivity index (χ4v) is 1.31. The fraction of sp³-hybridized carbons (Fsp3) is 0.500. The van der Waals surface area contributed by atoms with Crippen LogP contribution in [-0.2, 0) is 29.6 Å². The molecule has 5 radical (unpaired) electrons. The third kappa shape index (κ3) is 26.4. The van der Waals surface area contributed by atoms with E-state index in [0.717, 1.165) is 24.1 Å². The van der Waals surface area contributed by atoms with Gasteiger partial charge in [-0.05, 0) is 32.1 Å². The van der Waals surface area contributed by atoms with Gasteiger partial charge in [-0.3, -0.25) is 0 Å². The van der Waals surface area contributed by atoms with Gasteiger partial charge >= 0.3 is 100 Å². The number of rotatable bonds is 4. The molecule has 1 aliphatic carbocycles. The standard InChI is InChI=1S/C9H18O.C5H5.2CO.Fe/c1-5-10-8-6-7-9(2,3)4;1-2-4-5-3-1;2*1-2;/h5-7H2,1-4H3;1-5H;;;. The summed E-state index contributed by atoms with van der Waals surface area (Å²) in [6, 6.07) is 0. The minimum Gasteiger partial charge on any atom is -0.0312 e. The molecule has 0 aromatic rings. The van der Waals surface area contributed by atoms with Crippen LogP contribution in [0.3, 0.4) is 0 Å². The van der Waals surface area contributed by atoms with Gasteiger partial charge in [0, 0.05) is 0 Å². The van der Waals surface area contributed by atoms with E-state index in [9.17, 15) is 0 Å². The Kier molecular flexibility index (Phi) is 23.4. The van der Waals surface area contributed by atoms with E-state index in [0.29, 0.717) is 5.41 Å². The molecule has 1 saturated carbocycles. The van der Waals surface area contributed by atoms with Crippen molar-refractivity contribution in [1.29, 1.82) is 0 Å². The van der Waals surface area contributed by atoms with Crippen LogP contribution in [0.25, 0.3) is 0 Å². The van der Waals surface area contributed by atoms with Crippen LogP contribution in [0.5, 0.6) is 0 Å². The van der Waals surface area contributed by atoms with Crippen LogP contribution in [0, 0.1) is 50.8 Å². The van der Waals surface area contributed by atoms with Crippen molar-refractivity contribution in [3.63, 3.8) is 0 Å². The fourth-order valence-electron chi connectivity index (χ4n) is 1.02. The van der Waals surface area contributed by atoms with Crippen molar-refractivity contribution in [2.24, 2.45) is 5.41 Å². The zero-order chi connectivity index (χ0) is 16.4. The average Bonchev–Trinajstić information content (AvgIpc) is 3.00. The average molecular weight is 319 g/mol. The third-order valence-electron chi connectivity index (χ3n) is 1.92. The molecule has 0 saturated heterocycles. The number of hydrogen-bond donors (Lipinski definition) is 0. The largest absolute Gasteiger partial charge is 0.0312 e. The van der Waals surface area contributed by atoms with Crippen molar-refractivity contribution in [2.75, 3.05) is 6.61 Å². The summed E-state index contributed by atoms with van der Waals surface area (Å²) in [6.07, 6.45) is 12.1. The molecule has 20 heavy (non-hydrogen) atoms. The first-order valence-electron chi connectivity index (χ1n) is 6.16. The molecular formula is C16H23FeO3. The minimum absolute atomic E-state index is 0.389. The molecule has 0 N–H and O–H groups in total. The van der Waals surface area contributed by atoms with Crippen LogP contribution >= 0.6 is 0 Å². The summed E-state index contributed by atoms with van der Waals surface area (Å²) in [4.78, 5) is 0. The molecule has 0 aliphatic heterocycles. The predicted molar refractivity (Wildman–Crippen MR) is 74.7 cm³/mol. The maximum absolute atomic E-state index is 7.50. The summed E-state index contributed by atoms with van der Waals surface area (Å²) >= 11 is 3.83. The Bertz CT molecular complexity index is 234. The molecule has 0 spiro atoms. The van der Waals surface area contributed by atoms with Gasteiger partial charge in [0.05, 0.1) is 0 Å². The molecule has 1 fully saturated rings. The minimum atomic E-state index is 0.389. The first kappa shape index (κ1) is 24.8. The van der Waals surface area contributed by atoms with Crippen molar-refractivity contribution in [3.8, 4) is 0 Å². The van der Waals surface area contributed by atoms with Gasteiger partial charge in [0.15, 0.2) is 0 Å². The molecule has 1 rings (SSSR count). The first-order chi connectivity index (χ1) is 9.45. The van der Waals surface area contributed by atoms with E-state index in [4.69, 9.17) is 14.0 Å².